The minimum absolute atomic E-state index is 0.0645. The summed E-state index contributed by atoms with van der Waals surface area (Å²) in [6, 6.07) is 8.83. The van der Waals surface area contributed by atoms with Gasteiger partial charge in [0.05, 0.1) is 0 Å². The largest absolute Gasteiger partial charge is 0.308 e. The molecule has 3 rings (SSSR count). The lowest BCUT2D eigenvalue weighted by Gasteiger charge is -2.17. The number of carbonyl (C=O) groups excluding carboxylic acids is 1. The number of halogens is 2. The van der Waals surface area contributed by atoms with Crippen LogP contribution in [0.4, 0.5) is 5.69 Å². The van der Waals surface area contributed by atoms with E-state index < -0.39 is 0 Å². The lowest BCUT2D eigenvalue weighted by molar-refractivity contribution is 0.0989. The fraction of sp³-hybridized carbons (Fsp3) is 0.143. The molecular formula is C14H10Cl2N2O. The summed E-state index contributed by atoms with van der Waals surface area (Å²) >= 11 is 11.8. The summed E-state index contributed by atoms with van der Waals surface area (Å²) in [6.45, 7) is 0.661. The maximum absolute atomic E-state index is 12.5. The maximum Gasteiger partial charge on any atom is 0.258 e. The predicted octanol–water partition coefficient (Wildman–Crippen LogP) is 3.59. The molecule has 19 heavy (non-hydrogen) atoms. The van der Waals surface area contributed by atoms with Gasteiger partial charge < -0.3 is 4.90 Å². The standard InChI is InChI=1S/C14H10Cl2N2O/c15-11-1-2-12-9(7-11)4-6-18(12)14(19)10-3-5-17-13(16)8-10/h1-3,5,7-8H,4,6H2. The maximum atomic E-state index is 12.5. The van der Waals surface area contributed by atoms with E-state index in [-0.39, 0.29) is 5.91 Å². The van der Waals surface area contributed by atoms with E-state index >= 15 is 0 Å². The van der Waals surface area contributed by atoms with Crippen LogP contribution in [0.25, 0.3) is 0 Å². The van der Waals surface area contributed by atoms with E-state index in [0.29, 0.717) is 22.3 Å². The van der Waals surface area contributed by atoms with Crippen LogP contribution in [-0.2, 0) is 6.42 Å². The van der Waals surface area contributed by atoms with E-state index in [2.05, 4.69) is 4.98 Å². The van der Waals surface area contributed by atoms with Crippen LogP contribution in [0.5, 0.6) is 0 Å². The van der Waals surface area contributed by atoms with E-state index in [1.54, 1.807) is 23.1 Å². The molecule has 1 amide bonds. The third kappa shape index (κ3) is 2.31. The van der Waals surface area contributed by atoms with Crippen molar-refractivity contribution in [3.05, 3.63) is 57.8 Å². The van der Waals surface area contributed by atoms with Crippen molar-refractivity contribution in [2.45, 2.75) is 6.42 Å². The SMILES string of the molecule is O=C(c1ccnc(Cl)c1)N1CCc2cc(Cl)ccc21. The van der Waals surface area contributed by atoms with Gasteiger partial charge >= 0.3 is 0 Å². The quantitative estimate of drug-likeness (QED) is 0.753. The molecule has 0 fully saturated rings. The van der Waals surface area contributed by atoms with Crippen LogP contribution < -0.4 is 4.90 Å². The van der Waals surface area contributed by atoms with Gasteiger partial charge in [-0.15, -0.1) is 0 Å². The molecule has 96 valence electrons. The molecule has 0 saturated carbocycles. The van der Waals surface area contributed by atoms with Crippen LogP contribution in [0.2, 0.25) is 10.2 Å². The van der Waals surface area contributed by atoms with Crippen LogP contribution in [0.3, 0.4) is 0 Å². The summed E-state index contributed by atoms with van der Waals surface area (Å²) < 4.78 is 0. The van der Waals surface area contributed by atoms with Gasteiger partial charge in [-0.3, -0.25) is 4.79 Å². The Balaban J connectivity index is 1.95. The molecule has 1 aliphatic heterocycles. The van der Waals surface area contributed by atoms with E-state index in [1.165, 1.54) is 6.20 Å². The van der Waals surface area contributed by atoms with Crippen LogP contribution >= 0.6 is 23.2 Å². The number of fused-ring (bicyclic) bond motifs is 1. The molecule has 3 nitrogen and oxygen atoms in total. The van der Waals surface area contributed by atoms with Gasteiger partial charge in [-0.2, -0.15) is 0 Å². The van der Waals surface area contributed by atoms with Crippen LogP contribution in [-0.4, -0.2) is 17.4 Å². The predicted molar refractivity (Wildman–Crippen MR) is 76.1 cm³/mol. The molecule has 1 aromatic heterocycles. The Labute approximate surface area is 120 Å². The van der Waals surface area contributed by atoms with Crippen molar-refractivity contribution in [1.29, 1.82) is 0 Å². The fourth-order valence-corrected chi connectivity index (χ4v) is 2.64. The molecule has 0 radical (unpaired) electrons. The number of benzene rings is 1. The smallest absolute Gasteiger partial charge is 0.258 e. The van der Waals surface area contributed by atoms with Crippen molar-refractivity contribution >= 4 is 34.8 Å². The van der Waals surface area contributed by atoms with Crippen molar-refractivity contribution in [1.82, 2.24) is 4.98 Å². The first-order valence-corrected chi connectivity index (χ1v) is 6.62. The van der Waals surface area contributed by atoms with Crippen LogP contribution in [0, 0.1) is 0 Å². The lowest BCUT2D eigenvalue weighted by atomic mass is 10.1. The second-order valence-corrected chi connectivity index (χ2v) is 5.17. The highest BCUT2D eigenvalue weighted by atomic mass is 35.5. The summed E-state index contributed by atoms with van der Waals surface area (Å²) in [7, 11) is 0. The Morgan fingerprint density at radius 3 is 2.84 bits per heavy atom. The molecule has 2 aromatic rings. The summed E-state index contributed by atoms with van der Waals surface area (Å²) in [5.74, 6) is -0.0645. The molecule has 2 heterocycles. The van der Waals surface area contributed by atoms with Crippen molar-refractivity contribution in [2.75, 3.05) is 11.4 Å². The third-order valence-corrected chi connectivity index (χ3v) is 3.60. The molecule has 0 unspecified atom stereocenters. The number of aromatic nitrogens is 1. The molecule has 0 bridgehead atoms. The number of amides is 1. The van der Waals surface area contributed by atoms with Gasteiger partial charge in [-0.1, -0.05) is 23.2 Å². The number of pyridine rings is 1. The van der Waals surface area contributed by atoms with Gasteiger partial charge in [0, 0.05) is 29.0 Å². The molecule has 5 heteroatoms. The Bertz CT molecular complexity index is 658. The molecule has 1 aromatic carbocycles. The fourth-order valence-electron chi connectivity index (χ4n) is 2.27. The summed E-state index contributed by atoms with van der Waals surface area (Å²) in [5.41, 5.74) is 2.56. The van der Waals surface area contributed by atoms with Crippen LogP contribution in [0.1, 0.15) is 15.9 Å². The first kappa shape index (κ1) is 12.5. The zero-order chi connectivity index (χ0) is 13.4. The topological polar surface area (TPSA) is 33.2 Å². The number of rotatable bonds is 1. The van der Waals surface area contributed by atoms with Crippen molar-refractivity contribution in [3.63, 3.8) is 0 Å². The summed E-state index contributed by atoms with van der Waals surface area (Å²) in [4.78, 5) is 18.1. The van der Waals surface area contributed by atoms with E-state index in [4.69, 9.17) is 23.2 Å². The zero-order valence-corrected chi connectivity index (χ0v) is 11.4. The first-order chi connectivity index (χ1) is 9.15. The van der Waals surface area contributed by atoms with Crippen molar-refractivity contribution in [2.24, 2.45) is 0 Å². The molecule has 0 aliphatic carbocycles. The number of carbonyl (C=O) groups is 1. The molecule has 0 saturated heterocycles. The average Bonchev–Trinajstić information content (AvgIpc) is 2.80. The number of hydrogen-bond donors (Lipinski definition) is 0. The summed E-state index contributed by atoms with van der Waals surface area (Å²) in [5, 5.41) is 1.02. The summed E-state index contributed by atoms with van der Waals surface area (Å²) in [6.07, 6.45) is 2.36. The van der Waals surface area contributed by atoms with Gasteiger partial charge in [-0.25, -0.2) is 4.98 Å². The van der Waals surface area contributed by atoms with Crippen LogP contribution in [0.15, 0.2) is 36.5 Å². The average molecular weight is 293 g/mol. The molecule has 0 N–H and O–H groups in total. The molecular weight excluding hydrogens is 283 g/mol. The van der Waals surface area contributed by atoms with E-state index in [0.717, 1.165) is 17.7 Å². The number of hydrogen-bond acceptors (Lipinski definition) is 2. The van der Waals surface area contributed by atoms with Gasteiger partial charge in [0.1, 0.15) is 5.15 Å². The number of anilines is 1. The molecule has 1 aliphatic rings. The van der Waals surface area contributed by atoms with Gasteiger partial charge in [-0.05, 0) is 42.3 Å². The van der Waals surface area contributed by atoms with E-state index in [1.807, 2.05) is 12.1 Å². The highest BCUT2D eigenvalue weighted by molar-refractivity contribution is 6.31. The van der Waals surface area contributed by atoms with Gasteiger partial charge in [0.25, 0.3) is 5.91 Å². The normalized spacial score (nSPS) is 13.5. The Kier molecular flexibility index (Phi) is 3.17. The lowest BCUT2D eigenvalue weighted by Crippen LogP contribution is -2.28. The number of nitrogens with zero attached hydrogens (tertiary/aromatic N) is 2. The van der Waals surface area contributed by atoms with Gasteiger partial charge in [0.2, 0.25) is 0 Å². The Morgan fingerprint density at radius 1 is 1.21 bits per heavy atom. The minimum Gasteiger partial charge on any atom is -0.308 e. The second kappa shape index (κ2) is 4.83. The first-order valence-electron chi connectivity index (χ1n) is 5.87. The molecule has 0 spiro atoms. The zero-order valence-electron chi connectivity index (χ0n) is 9.94. The monoisotopic (exact) mass is 292 g/mol. The Morgan fingerprint density at radius 2 is 2.05 bits per heavy atom. The van der Waals surface area contributed by atoms with Gasteiger partial charge in [0.15, 0.2) is 0 Å². The van der Waals surface area contributed by atoms with Crippen molar-refractivity contribution in [3.8, 4) is 0 Å². The highest BCUT2D eigenvalue weighted by Crippen LogP contribution is 2.31. The second-order valence-electron chi connectivity index (χ2n) is 4.35. The van der Waals surface area contributed by atoms with E-state index in [9.17, 15) is 4.79 Å². The highest BCUT2D eigenvalue weighted by Gasteiger charge is 2.25. The third-order valence-electron chi connectivity index (χ3n) is 3.16. The Hall–Kier alpha value is -1.58. The molecule has 0 atom stereocenters. The minimum atomic E-state index is -0.0645. The van der Waals surface area contributed by atoms with Crippen molar-refractivity contribution < 1.29 is 4.79 Å².